The summed E-state index contributed by atoms with van der Waals surface area (Å²) in [7, 11) is -0.294. The van der Waals surface area contributed by atoms with Crippen molar-refractivity contribution in [3.63, 3.8) is 0 Å². The molecule has 0 nitrogen and oxygen atoms in total. The van der Waals surface area contributed by atoms with Crippen molar-refractivity contribution < 1.29 is 0 Å². The molecule has 0 aromatic carbocycles. The van der Waals surface area contributed by atoms with Crippen LogP contribution in [0, 0.1) is 5.92 Å². The third-order valence-electron chi connectivity index (χ3n) is 4.14. The molecule has 2 heterocycles. The molecule has 1 atom stereocenters. The van der Waals surface area contributed by atoms with Gasteiger partial charge in [0.25, 0.3) is 0 Å². The molecule has 0 aliphatic carbocycles. The first kappa shape index (κ1) is 13.0. The molecular weight excluding hydrogens is 255 g/mol. The minimum absolute atomic E-state index is 0. The fraction of sp³-hybridized carbons (Fsp3) is 1.00. The minimum Gasteiger partial charge on any atom is -0.114 e. The summed E-state index contributed by atoms with van der Waals surface area (Å²) in [4.78, 5) is 0. The normalized spacial score (nSPS) is 29.4. The van der Waals surface area contributed by atoms with Gasteiger partial charge in [-0.25, -0.2) is 0 Å². The standard InChI is InChI=1S/C12H24P.BrH/c1-2-3-6-12-7-10-13(11-12)8-4-5-9-13;/h12H,2-11H2,1H3;1H/q+1;. The van der Waals surface area contributed by atoms with Gasteiger partial charge in [-0.05, 0) is 31.6 Å². The Morgan fingerprint density at radius 1 is 1.14 bits per heavy atom. The van der Waals surface area contributed by atoms with E-state index < -0.39 is 0 Å². The molecule has 2 rings (SSSR count). The van der Waals surface area contributed by atoms with Crippen LogP contribution in [-0.4, -0.2) is 24.6 Å². The summed E-state index contributed by atoms with van der Waals surface area (Å²) in [6.07, 6.45) is 15.9. The molecule has 2 fully saturated rings. The average Bonchev–Trinajstić information content (AvgIpc) is 2.74. The second kappa shape index (κ2) is 5.85. The van der Waals surface area contributed by atoms with Crippen molar-refractivity contribution in [2.75, 3.05) is 24.6 Å². The van der Waals surface area contributed by atoms with Crippen LogP contribution in [0.3, 0.4) is 0 Å². The van der Waals surface area contributed by atoms with Gasteiger partial charge in [0.05, 0.1) is 24.6 Å². The van der Waals surface area contributed by atoms with Crippen LogP contribution in [0.25, 0.3) is 0 Å². The van der Waals surface area contributed by atoms with E-state index in [1.54, 1.807) is 50.3 Å². The summed E-state index contributed by atoms with van der Waals surface area (Å²) in [6, 6.07) is 0. The lowest BCUT2D eigenvalue weighted by molar-refractivity contribution is 0.517. The summed E-state index contributed by atoms with van der Waals surface area (Å²) in [5, 5.41) is 0. The van der Waals surface area contributed by atoms with Crippen LogP contribution >= 0.6 is 24.2 Å². The van der Waals surface area contributed by atoms with Crippen LogP contribution in [0.5, 0.6) is 0 Å². The third kappa shape index (κ3) is 2.95. The Morgan fingerprint density at radius 3 is 2.50 bits per heavy atom. The van der Waals surface area contributed by atoms with Crippen LogP contribution in [0.4, 0.5) is 0 Å². The van der Waals surface area contributed by atoms with Crippen LogP contribution in [0.15, 0.2) is 0 Å². The van der Waals surface area contributed by atoms with Gasteiger partial charge in [-0.15, -0.1) is 17.0 Å². The Morgan fingerprint density at radius 2 is 1.86 bits per heavy atom. The molecule has 0 saturated carbocycles. The number of rotatable bonds is 3. The van der Waals surface area contributed by atoms with Crippen LogP contribution in [-0.2, 0) is 0 Å². The highest BCUT2D eigenvalue weighted by Crippen LogP contribution is 2.69. The lowest BCUT2D eigenvalue weighted by atomic mass is 10.0. The van der Waals surface area contributed by atoms with Gasteiger partial charge in [0, 0.05) is 7.26 Å². The highest BCUT2D eigenvalue weighted by Gasteiger charge is 2.46. The summed E-state index contributed by atoms with van der Waals surface area (Å²) in [5.74, 6) is 1.16. The number of unbranched alkanes of at least 4 members (excludes halogenated alkanes) is 1. The fourth-order valence-corrected chi connectivity index (χ4v) is 8.71. The molecule has 0 N–H and O–H groups in total. The smallest absolute Gasteiger partial charge is 0.0623 e. The van der Waals surface area contributed by atoms with Crippen molar-refractivity contribution in [2.45, 2.75) is 45.4 Å². The van der Waals surface area contributed by atoms with Crippen LogP contribution in [0.1, 0.15) is 45.4 Å². The van der Waals surface area contributed by atoms with Gasteiger partial charge in [0.1, 0.15) is 0 Å². The van der Waals surface area contributed by atoms with Crippen molar-refractivity contribution in [1.29, 1.82) is 0 Å². The monoisotopic (exact) mass is 279 g/mol. The third-order valence-corrected chi connectivity index (χ3v) is 9.17. The highest BCUT2D eigenvalue weighted by molar-refractivity contribution is 8.93. The van der Waals surface area contributed by atoms with Gasteiger partial charge in [-0.1, -0.05) is 19.8 Å². The number of hydrogen-bond donors (Lipinski definition) is 0. The maximum absolute atomic E-state index is 2.33. The van der Waals surface area contributed by atoms with Crippen molar-refractivity contribution in [3.05, 3.63) is 0 Å². The maximum atomic E-state index is 2.33. The molecule has 0 aromatic rings. The first-order valence-electron chi connectivity index (χ1n) is 6.20. The van der Waals surface area contributed by atoms with Gasteiger partial charge in [-0.3, -0.25) is 0 Å². The molecule has 0 radical (unpaired) electrons. The zero-order chi connectivity index (χ0) is 9.15. The molecule has 2 heteroatoms. The van der Waals surface area contributed by atoms with E-state index in [9.17, 15) is 0 Å². The predicted molar refractivity (Wildman–Crippen MR) is 73.6 cm³/mol. The zero-order valence-electron chi connectivity index (χ0n) is 9.50. The summed E-state index contributed by atoms with van der Waals surface area (Å²) in [6.45, 7) is 2.33. The predicted octanol–water partition coefficient (Wildman–Crippen LogP) is 4.59. The second-order valence-electron chi connectivity index (χ2n) is 5.20. The first-order valence-corrected chi connectivity index (χ1v) is 8.73. The van der Waals surface area contributed by atoms with Crippen molar-refractivity contribution in [3.8, 4) is 0 Å². The van der Waals surface area contributed by atoms with E-state index in [2.05, 4.69) is 6.92 Å². The van der Waals surface area contributed by atoms with E-state index in [1.807, 2.05) is 0 Å². The molecular formula is C12H25BrP+. The molecule has 2 aliphatic heterocycles. The average molecular weight is 280 g/mol. The van der Waals surface area contributed by atoms with E-state index in [1.165, 1.54) is 12.8 Å². The zero-order valence-corrected chi connectivity index (χ0v) is 12.1. The molecule has 1 unspecified atom stereocenters. The second-order valence-corrected chi connectivity index (χ2v) is 9.59. The van der Waals surface area contributed by atoms with E-state index in [0.29, 0.717) is 0 Å². The molecule has 2 aliphatic rings. The molecule has 0 amide bonds. The van der Waals surface area contributed by atoms with Gasteiger partial charge in [0.15, 0.2) is 0 Å². The summed E-state index contributed by atoms with van der Waals surface area (Å²) < 4.78 is 0. The van der Waals surface area contributed by atoms with Crippen molar-refractivity contribution in [2.24, 2.45) is 5.92 Å². The van der Waals surface area contributed by atoms with Crippen LogP contribution in [0.2, 0.25) is 0 Å². The van der Waals surface area contributed by atoms with E-state index in [0.717, 1.165) is 5.92 Å². The minimum atomic E-state index is -0.294. The SMILES string of the molecule is Br.CCCCC1CC[P+]2(CCCC2)C1. The summed E-state index contributed by atoms with van der Waals surface area (Å²) >= 11 is 0. The highest BCUT2D eigenvalue weighted by atomic mass is 79.9. The Bertz CT molecular complexity index is 164. The topological polar surface area (TPSA) is 0 Å². The van der Waals surface area contributed by atoms with Gasteiger partial charge < -0.3 is 0 Å². The van der Waals surface area contributed by atoms with Gasteiger partial charge in [0.2, 0.25) is 0 Å². The molecule has 2 saturated heterocycles. The maximum Gasteiger partial charge on any atom is 0.0623 e. The van der Waals surface area contributed by atoms with Crippen molar-refractivity contribution in [1.82, 2.24) is 0 Å². The van der Waals surface area contributed by atoms with Crippen molar-refractivity contribution >= 4 is 24.2 Å². The lowest BCUT2D eigenvalue weighted by Gasteiger charge is -2.15. The molecule has 0 aromatic heterocycles. The fourth-order valence-electron chi connectivity index (χ4n) is 3.33. The Kier molecular flexibility index (Phi) is 5.42. The van der Waals surface area contributed by atoms with E-state index in [-0.39, 0.29) is 24.2 Å². The Hall–Kier alpha value is 0.910. The number of hydrogen-bond acceptors (Lipinski definition) is 0. The van der Waals surface area contributed by atoms with E-state index in [4.69, 9.17) is 0 Å². The van der Waals surface area contributed by atoms with Crippen LogP contribution < -0.4 is 0 Å². The Labute approximate surface area is 100 Å². The first-order chi connectivity index (χ1) is 6.35. The molecule has 14 heavy (non-hydrogen) atoms. The Balaban J connectivity index is 0.000000980. The van der Waals surface area contributed by atoms with Gasteiger partial charge >= 0.3 is 0 Å². The summed E-state index contributed by atoms with van der Waals surface area (Å²) in [5.41, 5.74) is 0. The molecule has 0 bridgehead atoms. The quantitative estimate of drug-likeness (QED) is 0.663. The molecule has 84 valence electrons. The molecule has 1 spiro atoms. The largest absolute Gasteiger partial charge is 0.114 e. The van der Waals surface area contributed by atoms with E-state index >= 15 is 0 Å². The lowest BCUT2D eigenvalue weighted by Crippen LogP contribution is -2.01. The van der Waals surface area contributed by atoms with Gasteiger partial charge in [-0.2, -0.15) is 0 Å². The number of halogens is 1.